The zero-order chi connectivity index (χ0) is 11.9. The summed E-state index contributed by atoms with van der Waals surface area (Å²) >= 11 is 1.88. The van der Waals surface area contributed by atoms with Gasteiger partial charge in [-0.15, -0.1) is 0 Å². The van der Waals surface area contributed by atoms with Gasteiger partial charge in [-0.2, -0.15) is 0 Å². The summed E-state index contributed by atoms with van der Waals surface area (Å²) in [5.41, 5.74) is 0. The molecule has 3 nitrogen and oxygen atoms in total. The molecule has 0 amide bonds. The van der Waals surface area contributed by atoms with Crippen LogP contribution in [0.3, 0.4) is 0 Å². The molecule has 1 saturated carbocycles. The fourth-order valence-electron chi connectivity index (χ4n) is 2.42. The van der Waals surface area contributed by atoms with E-state index in [1.807, 2.05) is 18.0 Å². The third-order valence-corrected chi connectivity index (χ3v) is 4.70. The second-order valence-electron chi connectivity index (χ2n) is 4.59. The van der Waals surface area contributed by atoms with Crippen LogP contribution in [0.5, 0.6) is 0 Å². The maximum absolute atomic E-state index is 4.37. The fourth-order valence-corrected chi connectivity index (χ4v) is 3.70. The van der Waals surface area contributed by atoms with E-state index in [0.29, 0.717) is 11.3 Å². The lowest BCUT2D eigenvalue weighted by Gasteiger charge is -2.28. The van der Waals surface area contributed by atoms with E-state index in [1.54, 1.807) is 12.4 Å². The van der Waals surface area contributed by atoms with Gasteiger partial charge in [-0.25, -0.2) is 4.98 Å². The molecule has 0 bridgehead atoms. The number of hydrogen-bond acceptors (Lipinski definition) is 4. The number of rotatable bonds is 3. The maximum Gasteiger partial charge on any atom is 0.115 e. The van der Waals surface area contributed by atoms with Crippen LogP contribution >= 0.6 is 11.8 Å². The van der Waals surface area contributed by atoms with Gasteiger partial charge in [-0.05, 0) is 19.9 Å². The van der Waals surface area contributed by atoms with Crippen molar-refractivity contribution in [3.63, 3.8) is 0 Å². The molecule has 1 aromatic heterocycles. The van der Waals surface area contributed by atoms with Crippen LogP contribution in [0.15, 0.2) is 23.6 Å². The summed E-state index contributed by atoms with van der Waals surface area (Å²) in [6.07, 6.45) is 13.4. The van der Waals surface area contributed by atoms with Gasteiger partial charge in [0.15, 0.2) is 0 Å². The molecule has 1 fully saturated rings. The molecule has 2 rings (SSSR count). The van der Waals surface area contributed by atoms with Crippen molar-refractivity contribution < 1.29 is 0 Å². The molecule has 1 aliphatic carbocycles. The summed E-state index contributed by atoms with van der Waals surface area (Å²) in [6, 6.07) is 0.613. The van der Waals surface area contributed by atoms with Crippen LogP contribution < -0.4 is 5.32 Å². The Hall–Kier alpha value is -0.610. The molecule has 17 heavy (non-hydrogen) atoms. The first-order valence-electron chi connectivity index (χ1n) is 6.50. The fraction of sp³-hybridized carbons (Fsp3) is 0.692. The number of nitrogens with one attached hydrogen (secondary N) is 1. The average Bonchev–Trinajstić information content (AvgIpc) is 2.34. The average molecular weight is 251 g/mol. The number of hydrogen-bond donors (Lipinski definition) is 1. The zero-order valence-corrected chi connectivity index (χ0v) is 11.2. The quantitative estimate of drug-likeness (QED) is 0.896. The molecule has 0 radical (unpaired) electrons. The third kappa shape index (κ3) is 3.96. The molecule has 0 aliphatic heterocycles. The lowest BCUT2D eigenvalue weighted by Crippen LogP contribution is -2.36. The summed E-state index contributed by atoms with van der Waals surface area (Å²) in [7, 11) is 2.08. The van der Waals surface area contributed by atoms with E-state index in [-0.39, 0.29) is 0 Å². The Labute approximate surface area is 108 Å². The normalized spacial score (nSPS) is 26.2. The first-order valence-corrected chi connectivity index (χ1v) is 7.38. The van der Waals surface area contributed by atoms with E-state index < -0.39 is 0 Å². The smallest absolute Gasteiger partial charge is 0.115 e. The maximum atomic E-state index is 4.37. The van der Waals surface area contributed by atoms with E-state index in [9.17, 15) is 0 Å². The van der Waals surface area contributed by atoms with Gasteiger partial charge in [0, 0.05) is 23.7 Å². The molecule has 4 heteroatoms. The molecule has 1 aromatic rings. The molecular weight excluding hydrogens is 230 g/mol. The topological polar surface area (TPSA) is 37.8 Å². The van der Waals surface area contributed by atoms with Crippen LogP contribution in [0.1, 0.15) is 38.5 Å². The van der Waals surface area contributed by atoms with Crippen LogP contribution in [0.25, 0.3) is 0 Å². The zero-order valence-electron chi connectivity index (χ0n) is 10.4. The van der Waals surface area contributed by atoms with E-state index in [1.165, 1.54) is 38.5 Å². The first kappa shape index (κ1) is 12.8. The highest BCUT2D eigenvalue weighted by Crippen LogP contribution is 2.30. The highest BCUT2D eigenvalue weighted by Gasteiger charge is 2.22. The van der Waals surface area contributed by atoms with Crippen LogP contribution in [0.4, 0.5) is 0 Å². The predicted octanol–water partition coefficient (Wildman–Crippen LogP) is 2.88. The molecule has 2 atom stereocenters. The van der Waals surface area contributed by atoms with Crippen LogP contribution in [0.2, 0.25) is 0 Å². The second kappa shape index (κ2) is 6.97. The molecule has 94 valence electrons. The lowest BCUT2D eigenvalue weighted by molar-refractivity contribution is 0.420. The van der Waals surface area contributed by atoms with Crippen molar-refractivity contribution >= 4 is 11.8 Å². The van der Waals surface area contributed by atoms with Crippen molar-refractivity contribution in [1.82, 2.24) is 15.3 Å². The van der Waals surface area contributed by atoms with E-state index >= 15 is 0 Å². The number of thioether (sulfide) groups is 1. The summed E-state index contributed by atoms with van der Waals surface area (Å²) in [5.74, 6) is 0. The number of aromatic nitrogens is 2. The van der Waals surface area contributed by atoms with Gasteiger partial charge >= 0.3 is 0 Å². The van der Waals surface area contributed by atoms with Crippen molar-refractivity contribution in [2.24, 2.45) is 0 Å². The molecule has 0 saturated heterocycles. The van der Waals surface area contributed by atoms with Gasteiger partial charge in [0.1, 0.15) is 5.03 Å². The minimum absolute atomic E-state index is 0.613. The van der Waals surface area contributed by atoms with E-state index in [0.717, 1.165) is 5.03 Å². The van der Waals surface area contributed by atoms with Crippen molar-refractivity contribution in [2.75, 3.05) is 7.05 Å². The summed E-state index contributed by atoms with van der Waals surface area (Å²) in [5, 5.41) is 5.16. The van der Waals surface area contributed by atoms with Gasteiger partial charge < -0.3 is 5.32 Å². The monoisotopic (exact) mass is 251 g/mol. The molecule has 1 aliphatic rings. The molecule has 0 spiro atoms. The summed E-state index contributed by atoms with van der Waals surface area (Å²) in [6.45, 7) is 0. The lowest BCUT2D eigenvalue weighted by atomic mass is 9.96. The highest BCUT2D eigenvalue weighted by molar-refractivity contribution is 7.99. The van der Waals surface area contributed by atoms with Gasteiger partial charge in [-0.3, -0.25) is 4.98 Å². The Morgan fingerprint density at radius 2 is 2.00 bits per heavy atom. The third-order valence-electron chi connectivity index (χ3n) is 3.38. The Morgan fingerprint density at radius 3 is 2.71 bits per heavy atom. The largest absolute Gasteiger partial charge is 0.316 e. The summed E-state index contributed by atoms with van der Waals surface area (Å²) in [4.78, 5) is 8.51. The Bertz CT molecular complexity index is 318. The van der Waals surface area contributed by atoms with Crippen molar-refractivity contribution in [3.05, 3.63) is 18.6 Å². The molecular formula is C13H21N3S. The highest BCUT2D eigenvalue weighted by atomic mass is 32.2. The molecule has 2 unspecified atom stereocenters. The van der Waals surface area contributed by atoms with Crippen molar-refractivity contribution in [2.45, 2.75) is 54.8 Å². The standard InChI is InChI=1S/C13H21N3S/c1-14-11-6-4-2-3-5-7-12(11)17-13-10-15-8-9-16-13/h8-12,14H,2-7H2,1H3. The Kier molecular flexibility index (Phi) is 5.26. The Balaban J connectivity index is 1.99. The first-order chi connectivity index (χ1) is 8.40. The van der Waals surface area contributed by atoms with E-state index in [2.05, 4.69) is 22.3 Å². The van der Waals surface area contributed by atoms with Crippen LogP contribution in [-0.4, -0.2) is 28.3 Å². The van der Waals surface area contributed by atoms with Gasteiger partial charge in [-0.1, -0.05) is 37.4 Å². The number of nitrogens with zero attached hydrogens (tertiary/aromatic N) is 2. The van der Waals surface area contributed by atoms with Gasteiger partial charge in [0.25, 0.3) is 0 Å². The molecule has 1 N–H and O–H groups in total. The van der Waals surface area contributed by atoms with Gasteiger partial charge in [0.05, 0.1) is 6.20 Å². The van der Waals surface area contributed by atoms with E-state index in [4.69, 9.17) is 0 Å². The van der Waals surface area contributed by atoms with Crippen LogP contribution in [-0.2, 0) is 0 Å². The second-order valence-corrected chi connectivity index (χ2v) is 5.85. The van der Waals surface area contributed by atoms with Crippen molar-refractivity contribution in [1.29, 1.82) is 0 Å². The summed E-state index contributed by atoms with van der Waals surface area (Å²) < 4.78 is 0. The molecule has 1 heterocycles. The minimum Gasteiger partial charge on any atom is -0.316 e. The van der Waals surface area contributed by atoms with Crippen molar-refractivity contribution in [3.8, 4) is 0 Å². The minimum atomic E-state index is 0.613. The Morgan fingerprint density at radius 1 is 1.18 bits per heavy atom. The van der Waals surface area contributed by atoms with Crippen LogP contribution in [0, 0.1) is 0 Å². The predicted molar refractivity (Wildman–Crippen MR) is 72.2 cm³/mol. The SMILES string of the molecule is CNC1CCCCCCC1Sc1cnccn1. The molecule has 0 aromatic carbocycles. The van der Waals surface area contributed by atoms with Gasteiger partial charge in [0.2, 0.25) is 0 Å².